The summed E-state index contributed by atoms with van der Waals surface area (Å²) in [7, 11) is 0. The molecular formula is C40H36N6O8. The molecule has 274 valence electrons. The molecule has 4 heterocycles. The number of benzene rings is 3. The normalized spacial score (nSPS) is 17.8. The van der Waals surface area contributed by atoms with Crippen molar-refractivity contribution in [3.05, 3.63) is 114 Å². The van der Waals surface area contributed by atoms with Gasteiger partial charge in [0.25, 0.3) is 11.8 Å². The molecule has 3 aliphatic rings. The van der Waals surface area contributed by atoms with Crippen LogP contribution < -0.4 is 20.3 Å². The Bertz CT molecular complexity index is 2240. The summed E-state index contributed by atoms with van der Waals surface area (Å²) < 4.78 is 19.2. The van der Waals surface area contributed by atoms with Gasteiger partial charge in [-0.3, -0.25) is 34.4 Å². The minimum absolute atomic E-state index is 0.0491. The maximum absolute atomic E-state index is 13.0. The number of nitrogens with one attached hydrogen (secondary N) is 2. The zero-order chi connectivity index (χ0) is 37.2. The first-order chi connectivity index (χ1) is 26.4. The molecule has 8 rings (SSSR count). The highest BCUT2D eigenvalue weighted by Gasteiger charge is 2.44. The van der Waals surface area contributed by atoms with E-state index in [0.717, 1.165) is 51.4 Å². The number of fused-ring (bicyclic) bond motifs is 2. The summed E-state index contributed by atoms with van der Waals surface area (Å²) in [5.41, 5.74) is 9.78. The average Bonchev–Trinajstić information content (AvgIpc) is 3.89. The number of aromatic nitrogens is 3. The van der Waals surface area contributed by atoms with Gasteiger partial charge in [0.15, 0.2) is 0 Å². The Kier molecular flexibility index (Phi) is 9.69. The molecule has 2 unspecified atom stereocenters. The highest BCUT2D eigenvalue weighted by molar-refractivity contribution is 6.23. The second-order valence-corrected chi connectivity index (χ2v) is 13.2. The summed E-state index contributed by atoms with van der Waals surface area (Å²) in [6.45, 7) is 1.09. The fraction of sp³-hybridized carbons (Fsp3) is 0.250. The molecule has 2 atom stereocenters. The van der Waals surface area contributed by atoms with Crippen LogP contribution in [0.4, 0.5) is 0 Å². The number of hydroxylamine groups is 1. The third-order valence-electron chi connectivity index (χ3n) is 9.86. The quantitative estimate of drug-likeness (QED) is 0.0889. The Morgan fingerprint density at radius 1 is 0.759 bits per heavy atom. The Hall–Kier alpha value is -6.22. The van der Waals surface area contributed by atoms with E-state index in [2.05, 4.69) is 34.0 Å². The Balaban J connectivity index is 0.832. The lowest BCUT2D eigenvalue weighted by Gasteiger charge is -2.27. The predicted octanol–water partition coefficient (Wildman–Crippen LogP) is 4.44. The van der Waals surface area contributed by atoms with Crippen molar-refractivity contribution in [3.63, 3.8) is 0 Å². The Morgan fingerprint density at radius 2 is 1.50 bits per heavy atom. The molecule has 1 aliphatic carbocycles. The molecule has 3 N–H and O–H groups in total. The fourth-order valence-electron chi connectivity index (χ4n) is 7.13. The van der Waals surface area contributed by atoms with Gasteiger partial charge in [0.1, 0.15) is 36.4 Å². The summed E-state index contributed by atoms with van der Waals surface area (Å²) >= 11 is 0. The first-order valence-corrected chi connectivity index (χ1v) is 17.7. The molecule has 2 aliphatic heterocycles. The van der Waals surface area contributed by atoms with Crippen LogP contribution in [0.3, 0.4) is 0 Å². The van der Waals surface area contributed by atoms with Crippen LogP contribution in [-0.4, -0.2) is 81.0 Å². The van der Waals surface area contributed by atoms with Gasteiger partial charge >= 0.3 is 0 Å². The summed E-state index contributed by atoms with van der Waals surface area (Å²) in [6.07, 6.45) is 7.42. The van der Waals surface area contributed by atoms with Crippen molar-refractivity contribution in [3.8, 4) is 39.6 Å². The van der Waals surface area contributed by atoms with Gasteiger partial charge in [0.05, 0.1) is 36.1 Å². The molecule has 0 saturated carbocycles. The molecule has 5 aromatic rings. The molecule has 0 spiro atoms. The number of pyridine rings is 1. The maximum atomic E-state index is 13.0. The second kappa shape index (κ2) is 15.0. The first-order valence-electron chi connectivity index (χ1n) is 17.7. The van der Waals surface area contributed by atoms with Crippen LogP contribution in [0.2, 0.25) is 0 Å². The number of piperidine rings is 1. The zero-order valence-corrected chi connectivity index (χ0v) is 29.1. The van der Waals surface area contributed by atoms with E-state index >= 15 is 0 Å². The van der Waals surface area contributed by atoms with Crippen LogP contribution in [0, 0.1) is 0 Å². The van der Waals surface area contributed by atoms with Gasteiger partial charge < -0.3 is 19.4 Å². The molecule has 0 radical (unpaired) electrons. The number of hydrogen-bond donors (Lipinski definition) is 3. The van der Waals surface area contributed by atoms with Gasteiger partial charge in [0, 0.05) is 36.1 Å². The third kappa shape index (κ3) is 6.85. The number of nitrogens with zero attached hydrogens (tertiary/aromatic N) is 4. The standard InChI is InChI=1S/C40H36N6O8/c47-36-12-11-35(38(48)42-36)46-39(49)31-9-7-29(22-32(31)40(46)50)54-20-18-52-17-19-53-28-5-3-27(4-6-28)45-23-33(37(43-45)24-13-15-41-16-14-24)26-1-8-30-25(21-26)2-10-34(30)44-51/h1,3-9,13-16,21-23,34-35,44,51H,2,10-12,17-20H2,(H,42,47,48). The number of rotatable bonds is 13. The average molecular weight is 729 g/mol. The molecule has 14 nitrogen and oxygen atoms in total. The van der Waals surface area contributed by atoms with E-state index in [1.54, 1.807) is 18.5 Å². The topological polar surface area (TPSA) is 174 Å². The Labute approximate surface area is 309 Å². The van der Waals surface area contributed by atoms with E-state index in [1.165, 1.54) is 17.7 Å². The van der Waals surface area contributed by atoms with Crippen molar-refractivity contribution < 1.29 is 38.6 Å². The minimum Gasteiger partial charge on any atom is -0.491 e. The summed E-state index contributed by atoms with van der Waals surface area (Å²) in [5, 5.41) is 16.7. The lowest BCUT2D eigenvalue weighted by Crippen LogP contribution is -2.54. The fourth-order valence-corrected chi connectivity index (χ4v) is 7.13. The molecule has 3 aromatic carbocycles. The number of ether oxygens (including phenoxy) is 3. The molecule has 1 saturated heterocycles. The lowest BCUT2D eigenvalue weighted by molar-refractivity contribution is -0.136. The summed E-state index contributed by atoms with van der Waals surface area (Å²) in [6, 6.07) is 21.4. The van der Waals surface area contributed by atoms with Gasteiger partial charge in [0.2, 0.25) is 11.8 Å². The van der Waals surface area contributed by atoms with Crippen LogP contribution >= 0.6 is 0 Å². The van der Waals surface area contributed by atoms with E-state index in [4.69, 9.17) is 19.3 Å². The molecule has 54 heavy (non-hydrogen) atoms. The molecule has 4 amide bonds. The molecule has 0 bridgehead atoms. The van der Waals surface area contributed by atoms with Crippen LogP contribution in [0.1, 0.15) is 57.1 Å². The van der Waals surface area contributed by atoms with E-state index < -0.39 is 29.7 Å². The lowest BCUT2D eigenvalue weighted by atomic mass is 9.98. The first kappa shape index (κ1) is 34.8. The van der Waals surface area contributed by atoms with Crippen molar-refractivity contribution in [2.45, 2.75) is 37.8 Å². The monoisotopic (exact) mass is 728 g/mol. The van der Waals surface area contributed by atoms with Gasteiger partial charge in [-0.2, -0.15) is 10.6 Å². The molecule has 1 fully saturated rings. The van der Waals surface area contributed by atoms with Crippen molar-refractivity contribution in [2.24, 2.45) is 0 Å². The highest BCUT2D eigenvalue weighted by Crippen LogP contribution is 2.37. The van der Waals surface area contributed by atoms with Gasteiger partial charge in [-0.05, 0) is 90.6 Å². The van der Waals surface area contributed by atoms with E-state index in [9.17, 15) is 24.4 Å². The number of carbonyl (C=O) groups is 4. The number of carbonyl (C=O) groups excluding carboxylic acids is 4. The number of amides is 4. The van der Waals surface area contributed by atoms with Crippen LogP contribution in [-0.2, 0) is 20.7 Å². The summed E-state index contributed by atoms with van der Waals surface area (Å²) in [4.78, 5) is 54.8. The van der Waals surface area contributed by atoms with Crippen molar-refractivity contribution in [1.82, 2.24) is 30.5 Å². The van der Waals surface area contributed by atoms with E-state index in [-0.39, 0.29) is 43.2 Å². The molecular weight excluding hydrogens is 692 g/mol. The largest absolute Gasteiger partial charge is 0.491 e. The van der Waals surface area contributed by atoms with Gasteiger partial charge in [-0.25, -0.2) is 4.68 Å². The third-order valence-corrected chi connectivity index (χ3v) is 9.86. The number of imide groups is 2. The second-order valence-electron chi connectivity index (χ2n) is 13.2. The number of hydrogen-bond acceptors (Lipinski definition) is 11. The van der Waals surface area contributed by atoms with Crippen LogP contribution in [0.5, 0.6) is 11.5 Å². The summed E-state index contributed by atoms with van der Waals surface area (Å²) in [5.74, 6) is -1.17. The highest BCUT2D eigenvalue weighted by atomic mass is 16.5. The zero-order valence-electron chi connectivity index (χ0n) is 29.1. The Morgan fingerprint density at radius 3 is 2.26 bits per heavy atom. The van der Waals surface area contributed by atoms with Crippen LogP contribution in [0.15, 0.2) is 91.4 Å². The predicted molar refractivity (Wildman–Crippen MR) is 193 cm³/mol. The maximum Gasteiger partial charge on any atom is 0.262 e. The van der Waals surface area contributed by atoms with Crippen molar-refractivity contribution in [2.75, 3.05) is 26.4 Å². The molecule has 14 heteroatoms. The smallest absolute Gasteiger partial charge is 0.262 e. The van der Waals surface area contributed by atoms with Gasteiger partial charge in [-0.15, -0.1) is 0 Å². The molecule has 2 aromatic heterocycles. The van der Waals surface area contributed by atoms with Gasteiger partial charge in [-0.1, -0.05) is 18.2 Å². The van der Waals surface area contributed by atoms with Crippen molar-refractivity contribution >= 4 is 23.6 Å². The van der Waals surface area contributed by atoms with E-state index in [0.29, 0.717) is 24.7 Å². The van der Waals surface area contributed by atoms with Crippen LogP contribution in [0.25, 0.3) is 28.1 Å². The SMILES string of the molecule is O=C1CCC(N2C(=O)c3ccc(OCCOCCOc4ccc(-n5cc(-c6ccc7c(c6)CCC7NO)c(-c6ccncc6)n5)cc4)cc3C2=O)C(=O)N1. The minimum atomic E-state index is -1.02. The van der Waals surface area contributed by atoms with Crippen molar-refractivity contribution in [1.29, 1.82) is 0 Å². The number of aryl methyl sites for hydroxylation is 1. The van der Waals surface area contributed by atoms with E-state index in [1.807, 2.05) is 47.3 Å².